The zero-order valence-electron chi connectivity index (χ0n) is 20.1. The number of nitriles is 1. The van der Waals surface area contributed by atoms with Crippen molar-refractivity contribution in [2.24, 2.45) is 0 Å². The predicted octanol–water partition coefficient (Wildman–Crippen LogP) is 2.51. The van der Waals surface area contributed by atoms with Gasteiger partial charge < -0.3 is 19.4 Å². The Kier molecular flexibility index (Phi) is 7.35. The number of aromatic nitrogens is 3. The molecule has 37 heavy (non-hydrogen) atoms. The van der Waals surface area contributed by atoms with Crippen molar-refractivity contribution < 1.29 is 9.53 Å². The van der Waals surface area contributed by atoms with Crippen molar-refractivity contribution in [2.45, 2.75) is 19.0 Å². The maximum atomic E-state index is 12.8. The van der Waals surface area contributed by atoms with Crippen LogP contribution in [0.3, 0.4) is 0 Å². The summed E-state index contributed by atoms with van der Waals surface area (Å²) in [7, 11) is 0. The smallest absolute Gasteiger partial charge is 0.285 e. The predicted molar refractivity (Wildman–Crippen MR) is 138 cm³/mol. The molecule has 0 radical (unpaired) electrons. The number of H-pyrrole nitrogens is 1. The van der Waals surface area contributed by atoms with E-state index in [1.807, 2.05) is 40.1 Å². The molecule has 1 fully saturated rings. The molecule has 0 bridgehead atoms. The molecule has 2 aromatic heterocycles. The van der Waals surface area contributed by atoms with Gasteiger partial charge in [-0.3, -0.25) is 9.59 Å². The summed E-state index contributed by atoms with van der Waals surface area (Å²) in [5, 5.41) is 15.3. The van der Waals surface area contributed by atoms with Gasteiger partial charge in [0, 0.05) is 38.9 Å². The molecule has 1 saturated heterocycles. The van der Waals surface area contributed by atoms with Crippen molar-refractivity contribution in [3.8, 4) is 6.07 Å². The number of halogens is 1. The highest BCUT2D eigenvalue weighted by atomic mass is 35.5. The van der Waals surface area contributed by atoms with Gasteiger partial charge in [0.15, 0.2) is 0 Å². The van der Waals surface area contributed by atoms with Crippen molar-refractivity contribution in [3.63, 3.8) is 0 Å². The number of anilines is 2. The van der Waals surface area contributed by atoms with Crippen molar-refractivity contribution in [2.75, 3.05) is 49.2 Å². The minimum atomic E-state index is -0.435. The van der Waals surface area contributed by atoms with Gasteiger partial charge in [-0.15, -0.1) is 0 Å². The second-order valence-electron chi connectivity index (χ2n) is 8.95. The summed E-state index contributed by atoms with van der Waals surface area (Å²) in [6, 6.07) is 13.6. The SMILES string of the molecule is N#Cc1ccc(N2CCN(C(=O)CCOC[C@H]3c4ccccc4CN3c3cn[nH]c(=O)c3Cl)CC2)nc1. The van der Waals surface area contributed by atoms with Crippen LogP contribution in [-0.2, 0) is 16.1 Å². The first-order chi connectivity index (χ1) is 18.0. The van der Waals surface area contributed by atoms with Crippen LogP contribution in [0, 0.1) is 11.3 Å². The molecule has 1 aromatic carbocycles. The maximum absolute atomic E-state index is 12.8. The molecule has 1 atom stereocenters. The Morgan fingerprint density at radius 3 is 2.73 bits per heavy atom. The molecule has 3 aromatic rings. The lowest BCUT2D eigenvalue weighted by Gasteiger charge is -2.35. The number of nitrogens with zero attached hydrogens (tertiary/aromatic N) is 6. The van der Waals surface area contributed by atoms with E-state index in [-0.39, 0.29) is 23.4 Å². The van der Waals surface area contributed by atoms with Gasteiger partial charge in [0.1, 0.15) is 16.9 Å². The number of pyridine rings is 1. The van der Waals surface area contributed by atoms with Crippen molar-refractivity contribution in [1.29, 1.82) is 5.26 Å². The zero-order chi connectivity index (χ0) is 25.8. The maximum Gasteiger partial charge on any atom is 0.285 e. The molecule has 0 spiro atoms. The Bertz CT molecular complexity index is 1360. The van der Waals surface area contributed by atoms with Gasteiger partial charge in [-0.05, 0) is 23.3 Å². The molecule has 11 heteroatoms. The minimum absolute atomic E-state index is 0.0537. The largest absolute Gasteiger partial charge is 0.378 e. The fraction of sp³-hybridized carbons (Fsp3) is 0.346. The molecule has 10 nitrogen and oxygen atoms in total. The van der Waals surface area contributed by atoms with E-state index in [9.17, 15) is 9.59 Å². The zero-order valence-corrected chi connectivity index (χ0v) is 20.9. The molecule has 1 amide bonds. The third-order valence-corrected chi connectivity index (χ3v) is 7.15. The number of carbonyl (C=O) groups excluding carboxylic acids is 1. The second-order valence-corrected chi connectivity index (χ2v) is 9.33. The van der Waals surface area contributed by atoms with E-state index in [0.717, 1.165) is 16.9 Å². The first kappa shape index (κ1) is 24.7. The van der Waals surface area contributed by atoms with Crippen LogP contribution in [-0.4, -0.2) is 65.4 Å². The Morgan fingerprint density at radius 1 is 1.16 bits per heavy atom. The summed E-state index contributed by atoms with van der Waals surface area (Å²) in [5.41, 5.74) is 2.89. The Hall–Kier alpha value is -3.94. The van der Waals surface area contributed by atoms with Crippen LogP contribution in [0.15, 0.2) is 53.6 Å². The van der Waals surface area contributed by atoms with E-state index in [4.69, 9.17) is 21.6 Å². The van der Waals surface area contributed by atoms with Crippen molar-refractivity contribution in [1.82, 2.24) is 20.1 Å². The number of piperazine rings is 1. The Morgan fingerprint density at radius 2 is 1.97 bits per heavy atom. The number of ether oxygens (including phenoxy) is 1. The third kappa shape index (κ3) is 5.28. The van der Waals surface area contributed by atoms with Crippen LogP contribution in [0.5, 0.6) is 0 Å². The highest BCUT2D eigenvalue weighted by molar-refractivity contribution is 6.33. The standard InChI is InChI=1S/C26H26ClN7O3/c27-25-21(15-30-31-26(25)36)34-16-19-3-1-2-4-20(19)22(34)17-37-12-7-24(35)33-10-8-32(9-11-33)23-6-5-18(13-28)14-29-23/h1-6,14-15,22H,7-12,16-17H2,(H,31,36)/t22-/m0/s1. The lowest BCUT2D eigenvalue weighted by molar-refractivity contribution is -0.132. The van der Waals surface area contributed by atoms with Gasteiger partial charge in [0.05, 0.1) is 43.1 Å². The summed E-state index contributed by atoms with van der Waals surface area (Å²) in [6.07, 6.45) is 3.41. The Labute approximate surface area is 219 Å². The number of aromatic amines is 1. The van der Waals surface area contributed by atoms with Gasteiger partial charge in [-0.25, -0.2) is 10.1 Å². The third-order valence-electron chi connectivity index (χ3n) is 6.79. The second kappa shape index (κ2) is 11.0. The molecule has 2 aliphatic rings. The fourth-order valence-corrected chi connectivity index (χ4v) is 5.01. The number of nitrogens with one attached hydrogen (secondary N) is 1. The van der Waals surface area contributed by atoms with Gasteiger partial charge >= 0.3 is 0 Å². The number of amides is 1. The van der Waals surface area contributed by atoms with Crippen LogP contribution in [0.4, 0.5) is 11.5 Å². The molecule has 1 N–H and O–H groups in total. The van der Waals surface area contributed by atoms with E-state index in [1.54, 1.807) is 18.5 Å². The lowest BCUT2D eigenvalue weighted by atomic mass is 10.1. The molecule has 0 unspecified atom stereocenters. The molecule has 0 aliphatic carbocycles. The summed E-state index contributed by atoms with van der Waals surface area (Å²) in [6.45, 7) is 3.83. The molecular formula is C26H26ClN7O3. The summed E-state index contributed by atoms with van der Waals surface area (Å²) in [5.74, 6) is 0.865. The van der Waals surface area contributed by atoms with Crippen molar-refractivity contribution >= 4 is 29.0 Å². The fourth-order valence-electron chi connectivity index (χ4n) is 4.81. The van der Waals surface area contributed by atoms with Gasteiger partial charge in [-0.1, -0.05) is 35.9 Å². The Balaban J connectivity index is 1.14. The first-order valence-electron chi connectivity index (χ1n) is 12.1. The molecule has 4 heterocycles. The highest BCUT2D eigenvalue weighted by Crippen LogP contribution is 2.39. The van der Waals surface area contributed by atoms with Crippen LogP contribution in [0.25, 0.3) is 0 Å². The number of benzene rings is 1. The lowest BCUT2D eigenvalue weighted by Crippen LogP contribution is -2.49. The van der Waals surface area contributed by atoms with Gasteiger partial charge in [0.25, 0.3) is 5.56 Å². The van der Waals surface area contributed by atoms with Gasteiger partial charge in [0.2, 0.25) is 5.91 Å². The molecule has 190 valence electrons. The first-order valence-corrected chi connectivity index (χ1v) is 12.5. The van der Waals surface area contributed by atoms with Crippen LogP contribution < -0.4 is 15.4 Å². The van der Waals surface area contributed by atoms with Crippen LogP contribution >= 0.6 is 11.6 Å². The average Bonchev–Trinajstić information content (AvgIpc) is 3.31. The molecule has 0 saturated carbocycles. The van der Waals surface area contributed by atoms with E-state index in [0.29, 0.717) is 57.2 Å². The normalized spacial score (nSPS) is 17.0. The van der Waals surface area contributed by atoms with Crippen LogP contribution in [0.2, 0.25) is 5.02 Å². The number of rotatable bonds is 7. The number of hydrogen-bond acceptors (Lipinski definition) is 8. The van der Waals surface area contributed by atoms with Crippen molar-refractivity contribution in [3.05, 3.63) is 80.9 Å². The van der Waals surface area contributed by atoms with E-state index in [1.165, 1.54) is 0 Å². The average molecular weight is 520 g/mol. The minimum Gasteiger partial charge on any atom is -0.378 e. The highest BCUT2D eigenvalue weighted by Gasteiger charge is 2.32. The van der Waals surface area contributed by atoms with E-state index in [2.05, 4.69) is 26.2 Å². The summed E-state index contributed by atoms with van der Waals surface area (Å²) in [4.78, 5) is 35.1. The molecule has 5 rings (SSSR count). The quantitative estimate of drug-likeness (QED) is 0.473. The molecule has 2 aliphatic heterocycles. The molecular weight excluding hydrogens is 494 g/mol. The number of hydrogen-bond donors (Lipinski definition) is 1. The van der Waals surface area contributed by atoms with E-state index >= 15 is 0 Å². The summed E-state index contributed by atoms with van der Waals surface area (Å²) < 4.78 is 5.98. The van der Waals surface area contributed by atoms with E-state index < -0.39 is 5.56 Å². The number of carbonyl (C=O) groups is 1. The summed E-state index contributed by atoms with van der Waals surface area (Å²) >= 11 is 6.30. The topological polar surface area (TPSA) is 118 Å². The monoisotopic (exact) mass is 519 g/mol. The van der Waals surface area contributed by atoms with Gasteiger partial charge in [-0.2, -0.15) is 10.4 Å². The van der Waals surface area contributed by atoms with Crippen LogP contribution in [0.1, 0.15) is 29.2 Å². The number of fused-ring (bicyclic) bond motifs is 1.